The van der Waals surface area contributed by atoms with E-state index in [1.807, 2.05) is 0 Å². The van der Waals surface area contributed by atoms with E-state index in [0.29, 0.717) is 13.2 Å². The van der Waals surface area contributed by atoms with Crippen LogP contribution in [0.1, 0.15) is 0 Å². The molecular weight excluding hydrogens is 94.9 g/mol. The fourth-order valence-electron chi connectivity index (χ4n) is 0.358. The minimum absolute atomic E-state index is 0.148. The van der Waals surface area contributed by atoms with Crippen molar-refractivity contribution in [3.05, 3.63) is 0 Å². The Morgan fingerprint density at radius 2 is 1.83 bits per heavy atom. The van der Waals surface area contributed by atoms with E-state index in [0.717, 1.165) is 0 Å². The van der Waals surface area contributed by atoms with Gasteiger partial charge in [-0.05, 0) is 0 Å². The van der Waals surface area contributed by atoms with E-state index < -0.39 is 0 Å². The van der Waals surface area contributed by atoms with Crippen LogP contribution in [-0.2, 0) is 9.31 Å². The van der Waals surface area contributed by atoms with Gasteiger partial charge >= 0.3 is 6.71 Å². The number of hydrogen-bond donors (Lipinski definition) is 0. The van der Waals surface area contributed by atoms with Crippen LogP contribution in [0, 0.1) is 0 Å². The van der Waals surface area contributed by atoms with E-state index in [4.69, 9.17) is 9.31 Å². The Morgan fingerprint density at radius 1 is 1.33 bits per heavy atom. The van der Waals surface area contributed by atoms with Crippen LogP contribution in [-0.4, -0.2) is 30.0 Å². The Balaban J connectivity index is 2.18. The summed E-state index contributed by atoms with van der Waals surface area (Å²) in [4.78, 5) is 0. The molecule has 2 nitrogen and oxygen atoms in total. The predicted molar refractivity (Wildman–Crippen MR) is 23.4 cm³/mol. The van der Waals surface area contributed by atoms with E-state index in [9.17, 15) is 0 Å². The zero-order valence-corrected chi connectivity index (χ0v) is 4.31. The lowest BCUT2D eigenvalue weighted by molar-refractivity contribution is 0.365. The third-order valence-electron chi connectivity index (χ3n) is 0.622. The standard InChI is InChI=1S/C2H4BO2Si/c6-3-4-1-2-5-3/h1-2H2. The largest absolute Gasteiger partial charge is 0.421 e. The van der Waals surface area contributed by atoms with Crippen molar-refractivity contribution in [2.45, 2.75) is 0 Å². The average Bonchev–Trinajstić information content (AvgIpc) is 1.86. The summed E-state index contributed by atoms with van der Waals surface area (Å²) in [6, 6.07) is 0. The van der Waals surface area contributed by atoms with Gasteiger partial charge in [0.15, 0.2) is 0 Å². The van der Waals surface area contributed by atoms with Crippen LogP contribution in [0.15, 0.2) is 0 Å². The van der Waals surface area contributed by atoms with E-state index >= 15 is 0 Å². The summed E-state index contributed by atoms with van der Waals surface area (Å²) >= 11 is 0. The molecule has 1 aliphatic heterocycles. The first kappa shape index (κ1) is 4.36. The third-order valence-corrected chi connectivity index (χ3v) is 0.955. The van der Waals surface area contributed by atoms with Gasteiger partial charge in [0, 0.05) is 0 Å². The molecule has 0 aromatic carbocycles. The molecule has 0 spiro atoms. The first-order valence-corrected chi connectivity index (χ1v) is 2.41. The minimum atomic E-state index is -0.148. The smallest absolute Gasteiger partial charge is 0.412 e. The third kappa shape index (κ3) is 0.831. The van der Waals surface area contributed by atoms with Gasteiger partial charge in [-0.15, -0.1) is 0 Å². The monoisotopic (exact) mass is 99.0 g/mol. The van der Waals surface area contributed by atoms with Gasteiger partial charge in [-0.25, -0.2) is 0 Å². The molecule has 6 heavy (non-hydrogen) atoms. The van der Waals surface area contributed by atoms with Crippen LogP contribution in [0.2, 0.25) is 0 Å². The number of rotatable bonds is 0. The highest BCUT2D eigenvalue weighted by atomic mass is 28.1. The normalized spacial score (nSPS) is 22.5. The van der Waals surface area contributed by atoms with E-state index in [1.165, 1.54) is 0 Å². The molecule has 0 atom stereocenters. The summed E-state index contributed by atoms with van der Waals surface area (Å²) in [5, 5.41) is 0. The minimum Gasteiger partial charge on any atom is -0.412 e. The van der Waals surface area contributed by atoms with E-state index in [-0.39, 0.29) is 6.71 Å². The Hall–Kier alpha value is 0.202. The molecule has 1 fully saturated rings. The fourth-order valence-corrected chi connectivity index (χ4v) is 0.594. The van der Waals surface area contributed by atoms with Crippen molar-refractivity contribution in [1.29, 1.82) is 0 Å². The lowest BCUT2D eigenvalue weighted by atomic mass is 10.4. The summed E-state index contributed by atoms with van der Waals surface area (Å²) < 4.78 is 9.69. The molecule has 3 radical (unpaired) electrons. The summed E-state index contributed by atoms with van der Waals surface area (Å²) in [6.45, 7) is 1.28. The first-order chi connectivity index (χ1) is 2.89. The van der Waals surface area contributed by atoms with Crippen LogP contribution < -0.4 is 0 Å². The second kappa shape index (κ2) is 1.77. The van der Waals surface area contributed by atoms with Crippen molar-refractivity contribution in [3.63, 3.8) is 0 Å². The second-order valence-electron chi connectivity index (χ2n) is 1.07. The van der Waals surface area contributed by atoms with Crippen molar-refractivity contribution >= 4 is 16.8 Å². The van der Waals surface area contributed by atoms with Crippen LogP contribution in [0.3, 0.4) is 0 Å². The highest BCUT2D eigenvalue weighted by Crippen LogP contribution is 1.91. The first-order valence-electron chi connectivity index (χ1n) is 1.84. The van der Waals surface area contributed by atoms with Gasteiger partial charge in [0.1, 0.15) is 0 Å². The molecule has 0 saturated carbocycles. The van der Waals surface area contributed by atoms with Crippen molar-refractivity contribution in [3.8, 4) is 0 Å². The van der Waals surface area contributed by atoms with E-state index in [1.54, 1.807) is 0 Å². The van der Waals surface area contributed by atoms with Crippen molar-refractivity contribution in [2.75, 3.05) is 13.2 Å². The second-order valence-corrected chi connectivity index (χ2v) is 1.54. The lowest BCUT2D eigenvalue weighted by Crippen LogP contribution is -2.12. The van der Waals surface area contributed by atoms with Gasteiger partial charge < -0.3 is 9.31 Å². The molecule has 31 valence electrons. The summed E-state index contributed by atoms with van der Waals surface area (Å²) in [5.74, 6) is 0. The molecule has 1 rings (SSSR count). The van der Waals surface area contributed by atoms with Gasteiger partial charge in [-0.1, -0.05) is 0 Å². The molecule has 0 amide bonds. The zero-order valence-electron chi connectivity index (χ0n) is 3.31. The SMILES string of the molecule is [Si]B1OCCO1. The summed E-state index contributed by atoms with van der Waals surface area (Å²) in [6.07, 6.45) is 0. The van der Waals surface area contributed by atoms with Crippen LogP contribution in [0.4, 0.5) is 0 Å². The topological polar surface area (TPSA) is 18.5 Å². The molecular formula is C2H4BO2Si. The molecule has 0 aliphatic carbocycles. The Kier molecular flexibility index (Phi) is 1.29. The van der Waals surface area contributed by atoms with Crippen molar-refractivity contribution in [2.24, 2.45) is 0 Å². The van der Waals surface area contributed by atoms with Crippen LogP contribution >= 0.6 is 0 Å². The molecule has 1 aliphatic rings. The van der Waals surface area contributed by atoms with Gasteiger partial charge in [0.2, 0.25) is 0 Å². The average molecular weight is 99.0 g/mol. The molecule has 4 heteroatoms. The van der Waals surface area contributed by atoms with Crippen molar-refractivity contribution in [1.82, 2.24) is 0 Å². The maximum Gasteiger partial charge on any atom is 0.421 e. The maximum atomic E-state index is 4.84. The predicted octanol–water partition coefficient (Wildman–Crippen LogP) is -0.813. The Bertz CT molecular complexity index is 44.8. The highest BCUT2D eigenvalue weighted by Gasteiger charge is 2.14. The Labute approximate surface area is 40.3 Å². The number of hydrogen-bond acceptors (Lipinski definition) is 2. The molecule has 0 aromatic heterocycles. The molecule has 0 bridgehead atoms. The lowest BCUT2D eigenvalue weighted by Gasteiger charge is -1.87. The van der Waals surface area contributed by atoms with Crippen LogP contribution in [0.25, 0.3) is 0 Å². The van der Waals surface area contributed by atoms with Gasteiger partial charge in [-0.3, -0.25) is 0 Å². The van der Waals surface area contributed by atoms with Gasteiger partial charge in [0.05, 0.1) is 23.3 Å². The van der Waals surface area contributed by atoms with Crippen LogP contribution in [0.5, 0.6) is 0 Å². The maximum absolute atomic E-state index is 4.84. The molecule has 1 saturated heterocycles. The molecule has 1 heterocycles. The molecule has 0 aromatic rings. The molecule has 0 N–H and O–H groups in total. The molecule has 0 unspecified atom stereocenters. The van der Waals surface area contributed by atoms with Gasteiger partial charge in [0.25, 0.3) is 0 Å². The highest BCUT2D eigenvalue weighted by molar-refractivity contribution is 6.95. The van der Waals surface area contributed by atoms with Crippen molar-refractivity contribution < 1.29 is 9.31 Å². The quantitative estimate of drug-likeness (QED) is 0.369. The van der Waals surface area contributed by atoms with E-state index in [2.05, 4.69) is 10.1 Å². The fraction of sp³-hybridized carbons (Fsp3) is 1.00. The Morgan fingerprint density at radius 3 is 2.00 bits per heavy atom. The summed E-state index contributed by atoms with van der Waals surface area (Å²) in [7, 11) is 3.14. The summed E-state index contributed by atoms with van der Waals surface area (Å²) in [5.41, 5.74) is 0. The van der Waals surface area contributed by atoms with Gasteiger partial charge in [-0.2, -0.15) is 0 Å². The zero-order chi connectivity index (χ0) is 4.41.